The molecule has 0 N–H and O–H groups in total. The van der Waals surface area contributed by atoms with Crippen LogP contribution in [0.25, 0.3) is 0 Å². The first kappa shape index (κ1) is 14.1. The van der Waals surface area contributed by atoms with Crippen molar-refractivity contribution < 1.29 is 4.74 Å². The van der Waals surface area contributed by atoms with E-state index in [0.29, 0.717) is 5.41 Å². The highest BCUT2D eigenvalue weighted by Crippen LogP contribution is 2.22. The lowest BCUT2D eigenvalue weighted by atomic mass is 9.89. The summed E-state index contributed by atoms with van der Waals surface area (Å²) in [5, 5.41) is 0. The molecule has 0 amide bonds. The summed E-state index contributed by atoms with van der Waals surface area (Å²) >= 11 is 0. The van der Waals surface area contributed by atoms with Crippen LogP contribution >= 0.6 is 0 Å². The zero-order chi connectivity index (χ0) is 12.7. The first-order chi connectivity index (χ1) is 8.01. The summed E-state index contributed by atoms with van der Waals surface area (Å²) in [5.41, 5.74) is 1.82. The molecule has 0 radical (unpaired) electrons. The Kier molecular flexibility index (Phi) is 5.54. The zero-order valence-electron chi connectivity index (χ0n) is 11.8. The number of unbranched alkanes of at least 4 members (excludes halogenated alkanes) is 1. The molecule has 1 aromatic carbocycles. The normalized spacial score (nSPS) is 11.5. The van der Waals surface area contributed by atoms with Crippen LogP contribution in [0, 0.1) is 5.41 Å². The summed E-state index contributed by atoms with van der Waals surface area (Å²) in [6.45, 7) is 9.87. The molecule has 0 aliphatic rings. The van der Waals surface area contributed by atoms with Gasteiger partial charge in [0, 0.05) is 0 Å². The molecule has 0 fully saturated rings. The predicted octanol–water partition coefficient (Wildman–Crippen LogP) is 4.84. The molecule has 0 bridgehead atoms. The SMILES string of the molecule is CCCCOc1ccc(CCC(C)(C)C)cc1. The van der Waals surface area contributed by atoms with Crippen LogP contribution in [0.1, 0.15) is 52.5 Å². The van der Waals surface area contributed by atoms with Gasteiger partial charge in [0.25, 0.3) is 0 Å². The molecule has 0 aliphatic heterocycles. The summed E-state index contributed by atoms with van der Waals surface area (Å²) in [7, 11) is 0. The Morgan fingerprint density at radius 1 is 1.06 bits per heavy atom. The fourth-order valence-electron chi connectivity index (χ4n) is 1.61. The van der Waals surface area contributed by atoms with Crippen molar-refractivity contribution in [1.82, 2.24) is 0 Å². The van der Waals surface area contributed by atoms with Gasteiger partial charge in [0.15, 0.2) is 0 Å². The average Bonchev–Trinajstić information content (AvgIpc) is 2.27. The molecular weight excluding hydrogens is 208 g/mol. The Morgan fingerprint density at radius 3 is 2.24 bits per heavy atom. The predicted molar refractivity (Wildman–Crippen MR) is 74.6 cm³/mol. The standard InChI is InChI=1S/C16H26O/c1-5-6-13-17-15-9-7-14(8-10-15)11-12-16(2,3)4/h7-10H,5-6,11-13H2,1-4H3. The van der Waals surface area contributed by atoms with E-state index in [1.807, 2.05) is 0 Å². The van der Waals surface area contributed by atoms with Gasteiger partial charge in [-0.05, 0) is 42.4 Å². The first-order valence-corrected chi connectivity index (χ1v) is 6.73. The van der Waals surface area contributed by atoms with E-state index in [2.05, 4.69) is 52.0 Å². The van der Waals surface area contributed by atoms with Gasteiger partial charge in [-0.15, -0.1) is 0 Å². The van der Waals surface area contributed by atoms with Gasteiger partial charge < -0.3 is 4.74 Å². The number of aryl methyl sites for hydroxylation is 1. The van der Waals surface area contributed by atoms with Crippen molar-refractivity contribution in [3.8, 4) is 5.75 Å². The third kappa shape index (κ3) is 6.35. The van der Waals surface area contributed by atoms with E-state index >= 15 is 0 Å². The van der Waals surface area contributed by atoms with Crippen molar-refractivity contribution in [2.24, 2.45) is 5.41 Å². The van der Waals surface area contributed by atoms with Gasteiger partial charge in [0.05, 0.1) is 6.61 Å². The highest BCUT2D eigenvalue weighted by atomic mass is 16.5. The zero-order valence-corrected chi connectivity index (χ0v) is 11.8. The lowest BCUT2D eigenvalue weighted by Crippen LogP contribution is -2.06. The lowest BCUT2D eigenvalue weighted by Gasteiger charge is -2.17. The summed E-state index contributed by atoms with van der Waals surface area (Å²) in [4.78, 5) is 0. The highest BCUT2D eigenvalue weighted by Gasteiger charge is 2.09. The van der Waals surface area contributed by atoms with Crippen molar-refractivity contribution >= 4 is 0 Å². The third-order valence-corrected chi connectivity index (χ3v) is 2.85. The number of benzene rings is 1. The van der Waals surface area contributed by atoms with Crippen LogP contribution in [0.2, 0.25) is 0 Å². The molecule has 0 aliphatic carbocycles. The molecule has 1 rings (SSSR count). The number of rotatable bonds is 6. The fourth-order valence-corrected chi connectivity index (χ4v) is 1.61. The van der Waals surface area contributed by atoms with E-state index in [-0.39, 0.29) is 0 Å². The molecule has 17 heavy (non-hydrogen) atoms. The third-order valence-electron chi connectivity index (χ3n) is 2.85. The van der Waals surface area contributed by atoms with Gasteiger partial charge in [0.2, 0.25) is 0 Å². The van der Waals surface area contributed by atoms with Crippen LogP contribution in [0.3, 0.4) is 0 Å². The van der Waals surface area contributed by atoms with Crippen molar-refractivity contribution in [1.29, 1.82) is 0 Å². The highest BCUT2D eigenvalue weighted by molar-refractivity contribution is 5.27. The van der Waals surface area contributed by atoms with E-state index in [9.17, 15) is 0 Å². The number of hydrogen-bond acceptors (Lipinski definition) is 1. The van der Waals surface area contributed by atoms with Gasteiger partial charge >= 0.3 is 0 Å². The van der Waals surface area contributed by atoms with Crippen molar-refractivity contribution in [2.75, 3.05) is 6.61 Å². The Balaban J connectivity index is 2.39. The van der Waals surface area contributed by atoms with Crippen molar-refractivity contribution in [3.05, 3.63) is 29.8 Å². The Labute approximate surface area is 106 Å². The molecule has 0 spiro atoms. The van der Waals surface area contributed by atoms with Crippen molar-refractivity contribution in [3.63, 3.8) is 0 Å². The lowest BCUT2D eigenvalue weighted by molar-refractivity contribution is 0.309. The average molecular weight is 234 g/mol. The molecule has 0 unspecified atom stereocenters. The number of ether oxygens (including phenoxy) is 1. The summed E-state index contributed by atoms with van der Waals surface area (Å²) in [6, 6.07) is 8.56. The van der Waals surface area contributed by atoms with E-state index in [0.717, 1.165) is 25.2 Å². The molecule has 0 saturated heterocycles. The molecule has 96 valence electrons. The quantitative estimate of drug-likeness (QED) is 0.640. The second-order valence-corrected chi connectivity index (χ2v) is 5.91. The van der Waals surface area contributed by atoms with Gasteiger partial charge in [0.1, 0.15) is 5.75 Å². The molecule has 0 atom stereocenters. The molecule has 0 aromatic heterocycles. The van der Waals surface area contributed by atoms with E-state index in [1.165, 1.54) is 18.4 Å². The van der Waals surface area contributed by atoms with Gasteiger partial charge in [-0.25, -0.2) is 0 Å². The maximum Gasteiger partial charge on any atom is 0.119 e. The smallest absolute Gasteiger partial charge is 0.119 e. The van der Waals surface area contributed by atoms with E-state index in [1.54, 1.807) is 0 Å². The molecule has 0 heterocycles. The van der Waals surface area contributed by atoms with E-state index in [4.69, 9.17) is 4.74 Å². The fraction of sp³-hybridized carbons (Fsp3) is 0.625. The van der Waals surface area contributed by atoms with E-state index < -0.39 is 0 Å². The largest absolute Gasteiger partial charge is 0.494 e. The van der Waals surface area contributed by atoms with Crippen LogP contribution in [0.15, 0.2) is 24.3 Å². The summed E-state index contributed by atoms with van der Waals surface area (Å²) < 4.78 is 5.65. The van der Waals surface area contributed by atoms with Crippen molar-refractivity contribution in [2.45, 2.75) is 53.4 Å². The Hall–Kier alpha value is -0.980. The molecule has 1 heteroatoms. The summed E-state index contributed by atoms with van der Waals surface area (Å²) in [6.07, 6.45) is 4.69. The van der Waals surface area contributed by atoms with Crippen LogP contribution in [-0.4, -0.2) is 6.61 Å². The first-order valence-electron chi connectivity index (χ1n) is 6.73. The second kappa shape index (κ2) is 6.68. The Bertz CT molecular complexity index is 305. The monoisotopic (exact) mass is 234 g/mol. The van der Waals surface area contributed by atoms with Gasteiger partial charge in [-0.2, -0.15) is 0 Å². The number of hydrogen-bond donors (Lipinski definition) is 0. The minimum Gasteiger partial charge on any atom is -0.494 e. The minimum atomic E-state index is 0.413. The van der Waals surface area contributed by atoms with Gasteiger partial charge in [-0.1, -0.05) is 46.2 Å². The van der Waals surface area contributed by atoms with Crippen LogP contribution in [-0.2, 0) is 6.42 Å². The van der Waals surface area contributed by atoms with Crippen LogP contribution in [0.5, 0.6) is 5.75 Å². The molecular formula is C16H26O. The van der Waals surface area contributed by atoms with Crippen LogP contribution < -0.4 is 4.74 Å². The van der Waals surface area contributed by atoms with Gasteiger partial charge in [-0.3, -0.25) is 0 Å². The second-order valence-electron chi connectivity index (χ2n) is 5.91. The maximum absolute atomic E-state index is 5.65. The minimum absolute atomic E-state index is 0.413. The Morgan fingerprint density at radius 2 is 1.71 bits per heavy atom. The maximum atomic E-state index is 5.65. The molecule has 0 saturated carbocycles. The summed E-state index contributed by atoms with van der Waals surface area (Å²) in [5.74, 6) is 0.998. The molecule has 1 nitrogen and oxygen atoms in total. The van der Waals surface area contributed by atoms with Crippen LogP contribution in [0.4, 0.5) is 0 Å². The molecule has 1 aromatic rings. The topological polar surface area (TPSA) is 9.23 Å².